The molecule has 0 heterocycles. The Hall–Kier alpha value is -0.740. The molecule has 4 heteroatoms. The SMILES string of the molecule is COc1cc(Br)cc(CNC2CC2)c1OC. The molecule has 1 aliphatic rings. The molecule has 3 nitrogen and oxygen atoms in total. The van der Waals surface area contributed by atoms with Crippen molar-refractivity contribution in [3.05, 3.63) is 22.2 Å². The van der Waals surface area contributed by atoms with E-state index in [9.17, 15) is 0 Å². The fourth-order valence-electron chi connectivity index (χ4n) is 1.68. The number of hydrogen-bond acceptors (Lipinski definition) is 3. The number of benzene rings is 1. The van der Waals surface area contributed by atoms with Crippen LogP contribution in [0.3, 0.4) is 0 Å². The Labute approximate surface area is 104 Å². The van der Waals surface area contributed by atoms with E-state index in [0.717, 1.165) is 28.1 Å². The Balaban J connectivity index is 2.21. The van der Waals surface area contributed by atoms with Crippen molar-refractivity contribution < 1.29 is 9.47 Å². The molecule has 1 aromatic carbocycles. The monoisotopic (exact) mass is 285 g/mol. The number of rotatable bonds is 5. The molecule has 0 amide bonds. The van der Waals surface area contributed by atoms with Crippen LogP contribution in [-0.4, -0.2) is 20.3 Å². The number of hydrogen-bond donors (Lipinski definition) is 1. The first-order chi connectivity index (χ1) is 7.74. The average molecular weight is 286 g/mol. The van der Waals surface area contributed by atoms with Gasteiger partial charge in [-0.3, -0.25) is 0 Å². The Morgan fingerprint density at radius 3 is 2.62 bits per heavy atom. The van der Waals surface area contributed by atoms with E-state index in [1.165, 1.54) is 12.8 Å². The molecule has 1 N–H and O–H groups in total. The van der Waals surface area contributed by atoms with Crippen molar-refractivity contribution in [2.45, 2.75) is 25.4 Å². The molecule has 1 saturated carbocycles. The van der Waals surface area contributed by atoms with Crippen LogP contribution in [0.2, 0.25) is 0 Å². The van der Waals surface area contributed by atoms with Crippen molar-refractivity contribution in [2.24, 2.45) is 0 Å². The predicted octanol–water partition coefficient (Wildman–Crippen LogP) is 2.72. The van der Waals surface area contributed by atoms with Gasteiger partial charge in [-0.2, -0.15) is 0 Å². The molecular formula is C12H16BrNO2. The van der Waals surface area contributed by atoms with Crippen molar-refractivity contribution >= 4 is 15.9 Å². The Morgan fingerprint density at radius 2 is 2.06 bits per heavy atom. The van der Waals surface area contributed by atoms with Crippen LogP contribution in [0.5, 0.6) is 11.5 Å². The highest BCUT2D eigenvalue weighted by molar-refractivity contribution is 9.10. The molecule has 1 aromatic rings. The van der Waals surface area contributed by atoms with E-state index in [1.54, 1.807) is 14.2 Å². The minimum Gasteiger partial charge on any atom is -0.493 e. The Bertz CT molecular complexity index is 378. The molecule has 0 aliphatic heterocycles. The number of methoxy groups -OCH3 is 2. The van der Waals surface area contributed by atoms with Gasteiger partial charge in [0.25, 0.3) is 0 Å². The molecule has 16 heavy (non-hydrogen) atoms. The molecule has 2 rings (SSSR count). The normalized spacial score (nSPS) is 14.9. The highest BCUT2D eigenvalue weighted by Gasteiger charge is 2.21. The van der Waals surface area contributed by atoms with Crippen LogP contribution >= 0.6 is 15.9 Å². The molecule has 0 saturated heterocycles. The van der Waals surface area contributed by atoms with Crippen LogP contribution in [0, 0.1) is 0 Å². The lowest BCUT2D eigenvalue weighted by molar-refractivity contribution is 0.350. The van der Waals surface area contributed by atoms with E-state index in [0.29, 0.717) is 6.04 Å². The maximum absolute atomic E-state index is 5.39. The van der Waals surface area contributed by atoms with Crippen molar-refractivity contribution in [1.82, 2.24) is 5.32 Å². The zero-order chi connectivity index (χ0) is 11.5. The summed E-state index contributed by atoms with van der Waals surface area (Å²) in [5, 5.41) is 3.47. The lowest BCUT2D eigenvalue weighted by Gasteiger charge is -2.13. The van der Waals surface area contributed by atoms with Crippen LogP contribution < -0.4 is 14.8 Å². The third-order valence-electron chi connectivity index (χ3n) is 2.68. The van der Waals surface area contributed by atoms with E-state index < -0.39 is 0 Å². The second-order valence-electron chi connectivity index (χ2n) is 3.96. The maximum atomic E-state index is 5.39. The molecule has 1 fully saturated rings. The first kappa shape index (κ1) is 11.7. The van der Waals surface area contributed by atoms with E-state index >= 15 is 0 Å². The third kappa shape index (κ3) is 2.68. The topological polar surface area (TPSA) is 30.5 Å². The molecule has 88 valence electrons. The standard InChI is InChI=1S/C12H16BrNO2/c1-15-11-6-9(13)5-8(12(11)16-2)7-14-10-3-4-10/h5-6,10,14H,3-4,7H2,1-2H3. The molecule has 0 atom stereocenters. The van der Waals surface area contributed by atoms with E-state index in [1.807, 2.05) is 6.07 Å². The lowest BCUT2D eigenvalue weighted by Crippen LogP contribution is -2.16. The minimum atomic E-state index is 0.690. The summed E-state index contributed by atoms with van der Waals surface area (Å²) in [5.74, 6) is 1.59. The van der Waals surface area contributed by atoms with Crippen LogP contribution in [-0.2, 0) is 6.54 Å². The third-order valence-corrected chi connectivity index (χ3v) is 3.14. The van der Waals surface area contributed by atoms with Gasteiger partial charge in [0, 0.05) is 22.6 Å². The summed E-state index contributed by atoms with van der Waals surface area (Å²) in [6.07, 6.45) is 2.57. The molecule has 1 aliphatic carbocycles. The van der Waals surface area contributed by atoms with Gasteiger partial charge in [0.2, 0.25) is 0 Å². The van der Waals surface area contributed by atoms with E-state index in [-0.39, 0.29) is 0 Å². The van der Waals surface area contributed by atoms with Gasteiger partial charge in [-0.25, -0.2) is 0 Å². The lowest BCUT2D eigenvalue weighted by atomic mass is 10.2. The number of halogens is 1. The highest BCUT2D eigenvalue weighted by atomic mass is 79.9. The number of nitrogens with one attached hydrogen (secondary N) is 1. The molecule has 0 aromatic heterocycles. The van der Waals surface area contributed by atoms with Crippen LogP contribution in [0.25, 0.3) is 0 Å². The summed E-state index contributed by atoms with van der Waals surface area (Å²) in [4.78, 5) is 0. The van der Waals surface area contributed by atoms with E-state index in [2.05, 4.69) is 27.3 Å². The zero-order valence-corrected chi connectivity index (χ0v) is 11.1. The summed E-state index contributed by atoms with van der Waals surface area (Å²) in [5.41, 5.74) is 1.13. The molecule has 0 bridgehead atoms. The van der Waals surface area contributed by atoms with Gasteiger partial charge < -0.3 is 14.8 Å². The zero-order valence-electron chi connectivity index (χ0n) is 9.55. The Morgan fingerprint density at radius 1 is 1.31 bits per heavy atom. The van der Waals surface area contributed by atoms with Crippen molar-refractivity contribution in [3.63, 3.8) is 0 Å². The van der Waals surface area contributed by atoms with Gasteiger partial charge in [0.05, 0.1) is 14.2 Å². The Kier molecular flexibility index (Phi) is 3.71. The minimum absolute atomic E-state index is 0.690. The summed E-state index contributed by atoms with van der Waals surface area (Å²) in [6, 6.07) is 4.67. The second-order valence-corrected chi connectivity index (χ2v) is 4.87. The second kappa shape index (κ2) is 5.06. The largest absolute Gasteiger partial charge is 0.493 e. The molecule has 0 unspecified atom stereocenters. The maximum Gasteiger partial charge on any atom is 0.165 e. The van der Waals surface area contributed by atoms with E-state index in [4.69, 9.17) is 9.47 Å². The van der Waals surface area contributed by atoms with Gasteiger partial charge in [-0.15, -0.1) is 0 Å². The fourth-order valence-corrected chi connectivity index (χ4v) is 2.16. The smallest absolute Gasteiger partial charge is 0.165 e. The first-order valence-corrected chi connectivity index (χ1v) is 6.17. The predicted molar refractivity (Wildman–Crippen MR) is 67.1 cm³/mol. The van der Waals surface area contributed by atoms with Crippen molar-refractivity contribution in [3.8, 4) is 11.5 Å². The fraction of sp³-hybridized carbons (Fsp3) is 0.500. The van der Waals surface area contributed by atoms with Gasteiger partial charge in [0.15, 0.2) is 11.5 Å². The molecule has 0 spiro atoms. The van der Waals surface area contributed by atoms with Gasteiger partial charge >= 0.3 is 0 Å². The first-order valence-electron chi connectivity index (χ1n) is 5.38. The van der Waals surface area contributed by atoms with Crippen LogP contribution in [0.4, 0.5) is 0 Å². The molecule has 0 radical (unpaired) electrons. The number of ether oxygens (including phenoxy) is 2. The van der Waals surface area contributed by atoms with Gasteiger partial charge in [-0.05, 0) is 25.0 Å². The summed E-state index contributed by atoms with van der Waals surface area (Å²) in [7, 11) is 3.33. The summed E-state index contributed by atoms with van der Waals surface area (Å²) >= 11 is 3.48. The van der Waals surface area contributed by atoms with Crippen molar-refractivity contribution in [2.75, 3.05) is 14.2 Å². The van der Waals surface area contributed by atoms with Gasteiger partial charge in [0.1, 0.15) is 0 Å². The average Bonchev–Trinajstić information content (AvgIpc) is 3.09. The summed E-state index contributed by atoms with van der Waals surface area (Å²) in [6.45, 7) is 0.823. The molecular weight excluding hydrogens is 270 g/mol. The van der Waals surface area contributed by atoms with Crippen molar-refractivity contribution in [1.29, 1.82) is 0 Å². The quantitative estimate of drug-likeness (QED) is 0.902. The highest BCUT2D eigenvalue weighted by Crippen LogP contribution is 2.35. The van der Waals surface area contributed by atoms with Crippen LogP contribution in [0.1, 0.15) is 18.4 Å². The summed E-state index contributed by atoms with van der Waals surface area (Å²) < 4.78 is 11.7. The van der Waals surface area contributed by atoms with Gasteiger partial charge in [-0.1, -0.05) is 15.9 Å². The van der Waals surface area contributed by atoms with Crippen LogP contribution in [0.15, 0.2) is 16.6 Å².